The van der Waals surface area contributed by atoms with Crippen molar-refractivity contribution in [2.45, 2.75) is 51.0 Å². The van der Waals surface area contributed by atoms with Crippen LogP contribution in [0.3, 0.4) is 0 Å². The Morgan fingerprint density at radius 3 is 1.30 bits per heavy atom. The molecule has 2 aromatic heterocycles. The normalized spacial score (nSPS) is 13.9. The minimum absolute atomic E-state index is 0.214. The Morgan fingerprint density at radius 1 is 0.231 bits per heavy atom. The van der Waals surface area contributed by atoms with E-state index in [4.69, 9.17) is 0 Å². The molecule has 0 fully saturated rings. The van der Waals surface area contributed by atoms with Crippen molar-refractivity contribution in [3.05, 3.63) is 489 Å². The molecule has 0 radical (unpaired) electrons. The van der Waals surface area contributed by atoms with E-state index in [-0.39, 0.29) is 11.5 Å². The Bertz CT molecular complexity index is 8870. The quantitative estimate of drug-likeness (QED) is 0.0951. The Balaban J connectivity index is 0.565. The Labute approximate surface area is 780 Å². The van der Waals surface area contributed by atoms with Crippen molar-refractivity contribution in [2.24, 2.45) is 0 Å². The third-order valence-electron chi connectivity index (χ3n) is 29.5. The molecule has 0 amide bonds. The van der Waals surface area contributed by atoms with Gasteiger partial charge >= 0.3 is 0 Å². The highest BCUT2D eigenvalue weighted by Crippen LogP contribution is 2.58. The zero-order valence-corrected chi connectivity index (χ0v) is 75.0. The van der Waals surface area contributed by atoms with E-state index in [2.05, 4.69) is 514 Å². The predicted molar refractivity (Wildman–Crippen MR) is 568 cm³/mol. The summed E-state index contributed by atoms with van der Waals surface area (Å²) < 4.78 is 4.96. The second kappa shape index (κ2) is 31.0. The van der Waals surface area contributed by atoms with Crippen LogP contribution in [0.4, 0.5) is 34.1 Å². The van der Waals surface area contributed by atoms with Gasteiger partial charge in [-0.3, -0.25) is 0 Å². The van der Waals surface area contributed by atoms with E-state index in [1.807, 2.05) is 0 Å². The highest BCUT2D eigenvalue weighted by atomic mass is 15.2. The summed E-state index contributed by atoms with van der Waals surface area (Å²) in [7, 11) is 0. The molecule has 3 aliphatic rings. The summed E-state index contributed by atoms with van der Waals surface area (Å²) in [6.45, 7) is 9.70. The molecule has 0 saturated carbocycles. The number of rotatable bonds is 15. The van der Waals surface area contributed by atoms with E-state index in [0.29, 0.717) is 0 Å². The third-order valence-corrected chi connectivity index (χ3v) is 29.5. The Hall–Kier alpha value is -16.7. The fourth-order valence-electron chi connectivity index (χ4n) is 23.4. The van der Waals surface area contributed by atoms with Crippen molar-refractivity contribution in [2.75, 3.05) is 9.80 Å². The third kappa shape index (κ3) is 12.5. The number of nitrogens with zero attached hydrogens (tertiary/aromatic N) is 4. The summed E-state index contributed by atoms with van der Waals surface area (Å²) in [5.41, 5.74) is 38.8. The van der Waals surface area contributed by atoms with Crippen LogP contribution < -0.4 is 9.80 Å². The first kappa shape index (κ1) is 78.4. The molecule has 21 aromatic carbocycles. The number of hydrogen-bond acceptors (Lipinski definition) is 2. The van der Waals surface area contributed by atoms with Crippen LogP contribution in [-0.4, -0.2) is 9.13 Å². The van der Waals surface area contributed by atoms with E-state index in [1.165, 1.54) is 176 Å². The van der Waals surface area contributed by atoms with Crippen LogP contribution >= 0.6 is 0 Å². The maximum absolute atomic E-state index is 2.56. The molecule has 134 heavy (non-hydrogen) atoms. The SMILES string of the molecule is CC1(C)c2ccccc2-c2cccc(-c3ccccc3N(c3cccc(-c4ccc5c6ccccc6n(C6C=CC=CC6)c5c4)c3)c3cccc(-c4cccc5c4ccc4ccc(-c6ccc7c(c6)C(C)(C)c6c(-c8ccccc8N(c8ccc(-c9ccc%10c%11ccccc%11n(-c%11ccccc%11)c%10c9)cc8)c8cccc(-c9cccc%10c9ccc9ccccc9%10)c8)cccc6-7)cc45)c3)c21. The van der Waals surface area contributed by atoms with Gasteiger partial charge in [0.05, 0.1) is 34.0 Å². The fraction of sp³-hybridized carbons (Fsp3) is 0.0615. The van der Waals surface area contributed by atoms with Crippen LogP contribution in [0.2, 0.25) is 0 Å². The first-order chi connectivity index (χ1) is 66.0. The number of para-hydroxylation sites is 5. The van der Waals surface area contributed by atoms with Crippen LogP contribution in [0, 0.1) is 0 Å². The number of hydrogen-bond donors (Lipinski definition) is 0. The highest BCUT2D eigenvalue weighted by Gasteiger charge is 2.41. The molecule has 0 spiro atoms. The number of aromatic nitrogens is 2. The second-order valence-corrected chi connectivity index (χ2v) is 37.7. The summed E-state index contributed by atoms with van der Waals surface area (Å²) >= 11 is 0. The van der Waals surface area contributed by atoms with E-state index < -0.39 is 5.41 Å². The number of fused-ring (bicyclic) bond motifs is 18. The minimum Gasteiger partial charge on any atom is -0.333 e. The monoisotopic (exact) mass is 1710 g/mol. The van der Waals surface area contributed by atoms with Crippen molar-refractivity contribution in [3.63, 3.8) is 0 Å². The van der Waals surface area contributed by atoms with Crippen molar-refractivity contribution in [1.29, 1.82) is 0 Å². The molecule has 26 rings (SSSR count). The average Bonchev–Trinajstić information content (AvgIpc) is 1.54. The molecule has 0 aliphatic heterocycles. The number of allylic oxidation sites excluding steroid dienone is 4. The Kier molecular flexibility index (Phi) is 18.2. The first-order valence-electron chi connectivity index (χ1n) is 47.0. The topological polar surface area (TPSA) is 16.3 Å². The zero-order valence-electron chi connectivity index (χ0n) is 75.0. The second-order valence-electron chi connectivity index (χ2n) is 37.7. The van der Waals surface area contributed by atoms with E-state index >= 15 is 0 Å². The van der Waals surface area contributed by atoms with Crippen molar-refractivity contribution >= 4 is 121 Å². The summed E-state index contributed by atoms with van der Waals surface area (Å²) in [6, 6.07) is 167. The molecule has 4 nitrogen and oxygen atoms in total. The molecular weight excluding hydrogens is 1620 g/mol. The standard InChI is InChI=1S/C130H92N4/c1-129(2)119-55-18-13-42-106(119)114-51-28-53-116(127(114)129)111-46-17-20-57-122(111)132(96-38-23-31-86(76-96)90-68-75-113-109-44-15-22-59-124(109)134(126(113)82-90)94-36-9-6-10-37-94)98-40-25-33-92(78-98)101-48-27-50-103-105(101)72-65-85-60-61-87(79-118(85)103)88-66-73-107-115-52-29-54-117(128(115)130(3,4)120(107)80-88)110-45-16-19-56-121(110)131(97-39-24-32-91(77-97)100-47-26-49-102-99-41-12-11-30-84(99)64-71-104(100)102)95-69-62-83(63-70-95)89-67-74-112-108-43-14-21-58-123(108)133(125(112)81-89)93-34-7-5-8-35-93/h5-36,38-82,94H,37H2,1-4H3. The van der Waals surface area contributed by atoms with Gasteiger partial charge in [0.2, 0.25) is 0 Å². The van der Waals surface area contributed by atoms with E-state index in [0.717, 1.165) is 79.6 Å². The lowest BCUT2D eigenvalue weighted by atomic mass is 9.78. The molecule has 2 heterocycles. The van der Waals surface area contributed by atoms with Gasteiger partial charge in [-0.25, -0.2) is 0 Å². The molecule has 0 saturated heterocycles. The molecule has 0 N–H and O–H groups in total. The van der Waals surface area contributed by atoms with Gasteiger partial charge in [0.15, 0.2) is 0 Å². The largest absolute Gasteiger partial charge is 0.333 e. The lowest BCUT2D eigenvalue weighted by Gasteiger charge is -2.30. The first-order valence-corrected chi connectivity index (χ1v) is 47.0. The Morgan fingerprint density at radius 2 is 0.642 bits per heavy atom. The highest BCUT2D eigenvalue weighted by molar-refractivity contribution is 6.16. The summed E-state index contributed by atoms with van der Waals surface area (Å²) in [4.78, 5) is 5.02. The molecule has 23 aromatic rings. The lowest BCUT2D eigenvalue weighted by Crippen LogP contribution is -2.17. The van der Waals surface area contributed by atoms with Crippen molar-refractivity contribution in [1.82, 2.24) is 9.13 Å². The van der Waals surface area contributed by atoms with Crippen LogP contribution in [-0.2, 0) is 10.8 Å². The smallest absolute Gasteiger partial charge is 0.0560 e. The molecular formula is C130H92N4. The van der Waals surface area contributed by atoms with Gasteiger partial charge in [-0.1, -0.05) is 386 Å². The summed E-state index contributed by atoms with van der Waals surface area (Å²) in [5.74, 6) is 0. The van der Waals surface area contributed by atoms with Gasteiger partial charge in [-0.15, -0.1) is 0 Å². The van der Waals surface area contributed by atoms with Gasteiger partial charge in [0, 0.05) is 77.5 Å². The van der Waals surface area contributed by atoms with Crippen LogP contribution in [0.15, 0.2) is 467 Å². The van der Waals surface area contributed by atoms with Gasteiger partial charge in [-0.05, 0) is 270 Å². The molecule has 3 aliphatic carbocycles. The maximum Gasteiger partial charge on any atom is 0.0560 e. The minimum atomic E-state index is -0.399. The molecule has 1 unspecified atom stereocenters. The number of anilines is 6. The van der Waals surface area contributed by atoms with Gasteiger partial charge in [-0.2, -0.15) is 0 Å². The van der Waals surface area contributed by atoms with Gasteiger partial charge in [0.1, 0.15) is 0 Å². The van der Waals surface area contributed by atoms with Crippen LogP contribution in [0.25, 0.3) is 193 Å². The van der Waals surface area contributed by atoms with E-state index in [9.17, 15) is 0 Å². The van der Waals surface area contributed by atoms with Crippen molar-refractivity contribution < 1.29 is 0 Å². The molecule has 0 bridgehead atoms. The maximum atomic E-state index is 2.56. The number of benzene rings is 21. The molecule has 632 valence electrons. The molecule has 1 atom stereocenters. The van der Waals surface area contributed by atoms with Gasteiger partial charge in [0.25, 0.3) is 0 Å². The zero-order chi connectivity index (χ0) is 89.0. The predicted octanol–water partition coefficient (Wildman–Crippen LogP) is 35.8. The summed E-state index contributed by atoms with van der Waals surface area (Å²) in [6.07, 6.45) is 9.96. The van der Waals surface area contributed by atoms with Crippen molar-refractivity contribution in [3.8, 4) is 106 Å². The lowest BCUT2D eigenvalue weighted by molar-refractivity contribution is 0.648. The van der Waals surface area contributed by atoms with Crippen LogP contribution in [0.5, 0.6) is 0 Å². The van der Waals surface area contributed by atoms with Crippen LogP contribution in [0.1, 0.15) is 62.4 Å². The average molecular weight is 1710 g/mol. The fourth-order valence-corrected chi connectivity index (χ4v) is 23.4. The van der Waals surface area contributed by atoms with Gasteiger partial charge < -0.3 is 18.9 Å². The molecule has 4 heteroatoms. The van der Waals surface area contributed by atoms with E-state index in [1.54, 1.807) is 0 Å². The summed E-state index contributed by atoms with van der Waals surface area (Å²) in [5, 5.41) is 14.8.